The number of aryl methyl sites for hydroxylation is 1. The van der Waals surface area contributed by atoms with Crippen LogP contribution in [0.3, 0.4) is 0 Å². The van der Waals surface area contributed by atoms with Gasteiger partial charge in [-0.3, -0.25) is 4.90 Å². The Labute approximate surface area is 226 Å². The third kappa shape index (κ3) is 6.48. The number of hydrogen-bond donors (Lipinski definition) is 2. The Bertz CT molecular complexity index is 1160. The van der Waals surface area contributed by atoms with Crippen molar-refractivity contribution >= 4 is 29.2 Å². The monoisotopic (exact) mass is 547 g/mol. The molecule has 1 amide bonds. The topological polar surface area (TPSA) is 85.9 Å². The van der Waals surface area contributed by atoms with Gasteiger partial charge in [-0.2, -0.15) is 18.2 Å². The maximum absolute atomic E-state index is 13.7. The highest BCUT2D eigenvalue weighted by atomic mass is 19.4. The Hall–Kier alpha value is -3.28. The van der Waals surface area contributed by atoms with E-state index in [9.17, 15) is 18.0 Å². The van der Waals surface area contributed by atoms with Crippen molar-refractivity contribution < 1.29 is 22.7 Å². The minimum Gasteiger partial charge on any atom is -0.449 e. The van der Waals surface area contributed by atoms with E-state index >= 15 is 0 Å². The molecule has 1 aromatic carbocycles. The molecular formula is C27H36F3N7O2. The van der Waals surface area contributed by atoms with Crippen LogP contribution in [0.15, 0.2) is 24.4 Å². The molecule has 12 heteroatoms. The standard InChI is InChI=1S/C27H36F3N7O2/c1-2-19-16-20(37-14-13-35-10-3-6-21(35)18-37)7-8-23(19)33-25-32-17-22(27(28,29)30)24(34-25)31-9-4-11-36-12-5-15-39-26(36)38/h7-8,16-17,21H,2-6,9-15,18H2,1H3,(H2,31,32,33,34). The van der Waals surface area contributed by atoms with Crippen molar-refractivity contribution in [1.29, 1.82) is 0 Å². The number of nitrogens with one attached hydrogen (secondary N) is 2. The molecule has 1 unspecified atom stereocenters. The van der Waals surface area contributed by atoms with E-state index in [0.29, 0.717) is 32.2 Å². The second-order valence-corrected chi connectivity index (χ2v) is 10.3. The van der Waals surface area contributed by atoms with Gasteiger partial charge in [0, 0.05) is 62.9 Å². The van der Waals surface area contributed by atoms with E-state index in [4.69, 9.17) is 4.74 Å². The van der Waals surface area contributed by atoms with Gasteiger partial charge in [-0.05, 0) is 62.4 Å². The Morgan fingerprint density at radius 3 is 2.82 bits per heavy atom. The first-order valence-corrected chi connectivity index (χ1v) is 13.8. The van der Waals surface area contributed by atoms with Gasteiger partial charge in [0.15, 0.2) is 0 Å². The minimum absolute atomic E-state index is 0.0899. The van der Waals surface area contributed by atoms with Crippen LogP contribution in [0, 0.1) is 0 Å². The lowest BCUT2D eigenvalue weighted by Crippen LogP contribution is -2.50. The lowest BCUT2D eigenvalue weighted by atomic mass is 10.1. The summed E-state index contributed by atoms with van der Waals surface area (Å²) in [6.45, 7) is 7.93. The van der Waals surface area contributed by atoms with Crippen LogP contribution in [0.25, 0.3) is 0 Å². The Morgan fingerprint density at radius 2 is 2.03 bits per heavy atom. The predicted molar refractivity (Wildman–Crippen MR) is 144 cm³/mol. The Balaban J connectivity index is 1.26. The summed E-state index contributed by atoms with van der Waals surface area (Å²) in [6, 6.07) is 6.78. The average molecular weight is 548 g/mol. The number of carbonyl (C=O) groups is 1. The molecule has 0 bridgehead atoms. The molecule has 1 atom stereocenters. The van der Waals surface area contributed by atoms with E-state index in [1.165, 1.54) is 19.4 Å². The van der Waals surface area contributed by atoms with Gasteiger partial charge in [-0.25, -0.2) is 9.78 Å². The number of cyclic esters (lactones) is 1. The van der Waals surface area contributed by atoms with Crippen molar-refractivity contribution in [2.75, 3.05) is 68.0 Å². The van der Waals surface area contributed by atoms with Crippen LogP contribution in [0.5, 0.6) is 0 Å². The summed E-state index contributed by atoms with van der Waals surface area (Å²) in [5, 5.41) is 5.93. The number of nitrogens with zero attached hydrogens (tertiary/aromatic N) is 5. The van der Waals surface area contributed by atoms with E-state index in [2.05, 4.69) is 49.5 Å². The molecule has 2 aromatic rings. The normalized spacial score (nSPS) is 20.1. The van der Waals surface area contributed by atoms with Crippen LogP contribution in [0.4, 0.5) is 41.1 Å². The zero-order valence-electron chi connectivity index (χ0n) is 22.3. The van der Waals surface area contributed by atoms with E-state index in [1.54, 1.807) is 4.90 Å². The van der Waals surface area contributed by atoms with Gasteiger partial charge in [0.2, 0.25) is 5.95 Å². The lowest BCUT2D eigenvalue weighted by Gasteiger charge is -2.39. The molecule has 1 aromatic heterocycles. The van der Waals surface area contributed by atoms with Crippen LogP contribution in [0.1, 0.15) is 43.7 Å². The largest absolute Gasteiger partial charge is 0.449 e. The average Bonchev–Trinajstić information content (AvgIpc) is 3.40. The summed E-state index contributed by atoms with van der Waals surface area (Å²) >= 11 is 0. The number of hydrogen-bond acceptors (Lipinski definition) is 8. The smallest absolute Gasteiger partial charge is 0.421 e. The Morgan fingerprint density at radius 1 is 1.15 bits per heavy atom. The Kier molecular flexibility index (Phi) is 8.29. The molecule has 3 saturated heterocycles. The number of carbonyl (C=O) groups excluding carboxylic acids is 1. The molecule has 4 heterocycles. The molecular weight excluding hydrogens is 511 g/mol. The van der Waals surface area contributed by atoms with Crippen molar-refractivity contribution in [2.45, 2.75) is 51.2 Å². The molecule has 39 heavy (non-hydrogen) atoms. The van der Waals surface area contributed by atoms with Crippen LogP contribution in [-0.4, -0.2) is 84.3 Å². The summed E-state index contributed by atoms with van der Waals surface area (Å²) in [5.41, 5.74) is 2.06. The summed E-state index contributed by atoms with van der Waals surface area (Å²) in [6.07, 6.45) is 0.278. The minimum atomic E-state index is -4.60. The second kappa shape index (κ2) is 11.8. The van der Waals surface area contributed by atoms with Crippen molar-refractivity contribution in [3.63, 3.8) is 0 Å². The maximum atomic E-state index is 13.7. The number of benzene rings is 1. The van der Waals surface area contributed by atoms with Crippen molar-refractivity contribution in [3.05, 3.63) is 35.5 Å². The fourth-order valence-corrected chi connectivity index (χ4v) is 5.60. The van der Waals surface area contributed by atoms with Crippen molar-refractivity contribution in [1.82, 2.24) is 19.8 Å². The quantitative estimate of drug-likeness (QED) is 0.436. The van der Waals surface area contributed by atoms with Crippen LogP contribution in [-0.2, 0) is 17.3 Å². The first-order valence-electron chi connectivity index (χ1n) is 13.8. The first kappa shape index (κ1) is 27.3. The van der Waals surface area contributed by atoms with E-state index in [-0.39, 0.29) is 24.4 Å². The number of rotatable bonds is 9. The number of alkyl halides is 3. The molecule has 2 N–H and O–H groups in total. The summed E-state index contributed by atoms with van der Waals surface area (Å²) in [5.74, 6) is -0.197. The van der Waals surface area contributed by atoms with Gasteiger partial charge in [0.1, 0.15) is 11.4 Å². The van der Waals surface area contributed by atoms with Gasteiger partial charge < -0.3 is 25.2 Å². The molecule has 0 radical (unpaired) electrons. The molecule has 3 aliphatic rings. The van der Waals surface area contributed by atoms with Crippen LogP contribution < -0.4 is 15.5 Å². The summed E-state index contributed by atoms with van der Waals surface area (Å²) in [4.78, 5) is 26.5. The van der Waals surface area contributed by atoms with Crippen LogP contribution in [0.2, 0.25) is 0 Å². The highest BCUT2D eigenvalue weighted by Crippen LogP contribution is 2.35. The number of fused-ring (bicyclic) bond motifs is 1. The van der Waals surface area contributed by atoms with E-state index in [1.807, 2.05) is 6.07 Å². The number of piperazine rings is 1. The summed E-state index contributed by atoms with van der Waals surface area (Å²) in [7, 11) is 0. The summed E-state index contributed by atoms with van der Waals surface area (Å²) < 4.78 is 46.0. The van der Waals surface area contributed by atoms with Gasteiger partial charge >= 0.3 is 12.3 Å². The lowest BCUT2D eigenvalue weighted by molar-refractivity contribution is -0.137. The molecule has 212 valence electrons. The first-order chi connectivity index (χ1) is 18.8. The van der Waals surface area contributed by atoms with Gasteiger partial charge in [0.05, 0.1) is 6.61 Å². The molecule has 0 spiro atoms. The number of aromatic nitrogens is 2. The molecule has 3 aliphatic heterocycles. The predicted octanol–water partition coefficient (Wildman–Crippen LogP) is 4.73. The van der Waals surface area contributed by atoms with Crippen molar-refractivity contribution in [2.24, 2.45) is 0 Å². The highest BCUT2D eigenvalue weighted by molar-refractivity contribution is 5.68. The zero-order valence-corrected chi connectivity index (χ0v) is 22.3. The second-order valence-electron chi connectivity index (χ2n) is 10.3. The molecule has 0 aliphatic carbocycles. The molecule has 0 saturated carbocycles. The van der Waals surface area contributed by atoms with Crippen LogP contribution >= 0.6 is 0 Å². The number of ether oxygens (including phenoxy) is 1. The van der Waals surface area contributed by atoms with E-state index in [0.717, 1.165) is 55.6 Å². The SMILES string of the molecule is CCc1cc(N2CCN3CCCC3C2)ccc1Nc1ncc(C(F)(F)F)c(NCCCN2CCCOC2=O)n1. The molecule has 3 fully saturated rings. The van der Waals surface area contributed by atoms with Gasteiger partial charge in [-0.1, -0.05) is 6.92 Å². The molecule has 5 rings (SSSR count). The number of halogens is 3. The fraction of sp³-hybridized carbons (Fsp3) is 0.593. The van der Waals surface area contributed by atoms with Crippen molar-refractivity contribution in [3.8, 4) is 0 Å². The third-order valence-corrected chi connectivity index (χ3v) is 7.72. The third-order valence-electron chi connectivity index (χ3n) is 7.72. The van der Waals surface area contributed by atoms with E-state index < -0.39 is 11.7 Å². The van der Waals surface area contributed by atoms with Gasteiger partial charge in [0.25, 0.3) is 0 Å². The number of anilines is 4. The highest BCUT2D eigenvalue weighted by Gasteiger charge is 2.35. The number of amides is 1. The zero-order chi connectivity index (χ0) is 27.4. The molecule has 9 nitrogen and oxygen atoms in total. The fourth-order valence-electron chi connectivity index (χ4n) is 5.60. The van der Waals surface area contributed by atoms with Gasteiger partial charge in [-0.15, -0.1) is 0 Å². The maximum Gasteiger partial charge on any atom is 0.421 e.